The average Bonchev–Trinajstić information content (AvgIpc) is 3.05. The smallest absolute Gasteiger partial charge is 0.321 e. The summed E-state index contributed by atoms with van der Waals surface area (Å²) in [5.74, 6) is 1.31. The number of carbonyl (C=O) groups is 2. The molecule has 2 aliphatic rings. The van der Waals surface area contributed by atoms with Crippen molar-refractivity contribution in [3.8, 4) is 5.75 Å². The second-order valence-corrected chi connectivity index (χ2v) is 8.99. The van der Waals surface area contributed by atoms with Gasteiger partial charge < -0.3 is 15.0 Å². The standard InChI is InChI=1S/C23H27N3O3S/c1-3-29-20-10-5-4-9-19(20)24-22(28)25-13-11-23(12-14-25)26(21(27)16-30-23)18-8-6-7-17(2)15-18/h4-10,15H,3,11-14,16H2,1-2H3,(H,24,28). The van der Waals surface area contributed by atoms with Crippen molar-refractivity contribution >= 4 is 35.1 Å². The normalized spacial score (nSPS) is 18.0. The predicted octanol–water partition coefficient (Wildman–Crippen LogP) is 4.50. The van der Waals surface area contributed by atoms with Crippen LogP contribution in [0.2, 0.25) is 0 Å². The number of rotatable bonds is 4. The summed E-state index contributed by atoms with van der Waals surface area (Å²) < 4.78 is 5.61. The van der Waals surface area contributed by atoms with Crippen LogP contribution in [-0.2, 0) is 4.79 Å². The van der Waals surface area contributed by atoms with Crippen molar-refractivity contribution in [2.75, 3.05) is 35.7 Å². The van der Waals surface area contributed by atoms with Crippen LogP contribution in [0.25, 0.3) is 0 Å². The number of ether oxygens (including phenoxy) is 1. The number of hydrogen-bond acceptors (Lipinski definition) is 4. The fraction of sp³-hybridized carbons (Fsp3) is 0.391. The molecule has 1 spiro atoms. The highest BCUT2D eigenvalue weighted by atomic mass is 32.2. The molecule has 0 atom stereocenters. The number of piperidine rings is 1. The van der Waals surface area contributed by atoms with Gasteiger partial charge in [0.15, 0.2) is 0 Å². The van der Waals surface area contributed by atoms with Gasteiger partial charge in [0, 0.05) is 18.8 Å². The maximum atomic E-state index is 12.9. The van der Waals surface area contributed by atoms with E-state index in [2.05, 4.69) is 11.4 Å². The topological polar surface area (TPSA) is 61.9 Å². The van der Waals surface area contributed by atoms with Crippen LogP contribution in [0, 0.1) is 6.92 Å². The van der Waals surface area contributed by atoms with Gasteiger partial charge in [0.05, 0.1) is 22.9 Å². The number of likely N-dealkylation sites (tertiary alicyclic amines) is 1. The van der Waals surface area contributed by atoms with E-state index in [0.717, 1.165) is 24.1 Å². The highest BCUT2D eigenvalue weighted by Gasteiger charge is 2.49. The van der Waals surface area contributed by atoms with Crippen LogP contribution in [0.15, 0.2) is 48.5 Å². The Balaban J connectivity index is 1.45. The van der Waals surface area contributed by atoms with Gasteiger partial charge in [-0.05, 0) is 56.5 Å². The van der Waals surface area contributed by atoms with Crippen molar-refractivity contribution in [2.24, 2.45) is 0 Å². The number of anilines is 2. The van der Waals surface area contributed by atoms with Gasteiger partial charge in [-0.25, -0.2) is 4.79 Å². The Bertz CT molecular complexity index is 941. The van der Waals surface area contributed by atoms with Crippen molar-refractivity contribution in [1.82, 2.24) is 4.90 Å². The van der Waals surface area contributed by atoms with Gasteiger partial charge in [-0.15, -0.1) is 11.8 Å². The molecule has 0 radical (unpaired) electrons. The first-order valence-corrected chi connectivity index (χ1v) is 11.3. The average molecular weight is 426 g/mol. The maximum Gasteiger partial charge on any atom is 0.321 e. The number of urea groups is 1. The molecular weight excluding hydrogens is 398 g/mol. The summed E-state index contributed by atoms with van der Waals surface area (Å²) in [5, 5.41) is 2.98. The first-order chi connectivity index (χ1) is 14.5. The van der Waals surface area contributed by atoms with E-state index in [1.165, 1.54) is 0 Å². The molecule has 0 bridgehead atoms. The van der Waals surface area contributed by atoms with E-state index in [1.807, 2.05) is 66.1 Å². The highest BCUT2D eigenvalue weighted by Crippen LogP contribution is 2.47. The molecule has 6 nitrogen and oxygen atoms in total. The summed E-state index contributed by atoms with van der Waals surface area (Å²) in [6.45, 7) is 5.70. The quantitative estimate of drug-likeness (QED) is 0.784. The van der Waals surface area contributed by atoms with Crippen LogP contribution in [0.4, 0.5) is 16.2 Å². The lowest BCUT2D eigenvalue weighted by molar-refractivity contribution is -0.116. The third-order valence-corrected chi connectivity index (χ3v) is 7.16. The van der Waals surface area contributed by atoms with E-state index in [9.17, 15) is 9.59 Å². The van der Waals surface area contributed by atoms with Crippen molar-refractivity contribution in [3.05, 3.63) is 54.1 Å². The molecular formula is C23H27N3O3S. The van der Waals surface area contributed by atoms with E-state index >= 15 is 0 Å². The molecule has 4 rings (SSSR count). The van der Waals surface area contributed by atoms with E-state index in [0.29, 0.717) is 36.9 Å². The van der Waals surface area contributed by atoms with Gasteiger partial charge in [-0.1, -0.05) is 24.3 Å². The second kappa shape index (κ2) is 8.60. The lowest BCUT2D eigenvalue weighted by Crippen LogP contribution is -2.53. The fourth-order valence-corrected chi connectivity index (χ4v) is 5.50. The number of hydrogen-bond donors (Lipinski definition) is 1. The molecule has 2 heterocycles. The first kappa shape index (κ1) is 20.6. The van der Waals surface area contributed by atoms with Crippen molar-refractivity contribution in [2.45, 2.75) is 31.6 Å². The van der Waals surface area contributed by atoms with E-state index in [-0.39, 0.29) is 16.8 Å². The van der Waals surface area contributed by atoms with Crippen molar-refractivity contribution in [3.63, 3.8) is 0 Å². The Hall–Kier alpha value is -2.67. The molecule has 158 valence electrons. The van der Waals surface area contributed by atoms with Crippen LogP contribution < -0.4 is 15.0 Å². The third-order valence-electron chi connectivity index (χ3n) is 5.64. The Kier molecular flexibility index (Phi) is 5.90. The van der Waals surface area contributed by atoms with E-state index in [4.69, 9.17) is 4.74 Å². The molecule has 2 aromatic carbocycles. The summed E-state index contributed by atoms with van der Waals surface area (Å²) in [6.07, 6.45) is 1.50. The van der Waals surface area contributed by atoms with Crippen molar-refractivity contribution < 1.29 is 14.3 Å². The maximum absolute atomic E-state index is 12.9. The fourth-order valence-electron chi connectivity index (χ4n) is 4.17. The number of amides is 3. The molecule has 2 fully saturated rings. The molecule has 2 saturated heterocycles. The van der Waals surface area contributed by atoms with Gasteiger partial charge >= 0.3 is 6.03 Å². The molecule has 1 N–H and O–H groups in total. The van der Waals surface area contributed by atoms with Gasteiger partial charge in [0.2, 0.25) is 5.91 Å². The lowest BCUT2D eigenvalue weighted by Gasteiger charge is -2.44. The number of nitrogens with one attached hydrogen (secondary N) is 1. The lowest BCUT2D eigenvalue weighted by atomic mass is 10.0. The Morgan fingerprint density at radius 2 is 1.93 bits per heavy atom. The van der Waals surface area contributed by atoms with E-state index in [1.54, 1.807) is 11.8 Å². The van der Waals surface area contributed by atoms with Gasteiger partial charge in [-0.2, -0.15) is 0 Å². The molecule has 2 aromatic rings. The summed E-state index contributed by atoms with van der Waals surface area (Å²) >= 11 is 1.71. The van der Waals surface area contributed by atoms with Crippen LogP contribution in [0.3, 0.4) is 0 Å². The number of benzene rings is 2. The van der Waals surface area contributed by atoms with Crippen molar-refractivity contribution in [1.29, 1.82) is 0 Å². The Morgan fingerprint density at radius 3 is 2.67 bits per heavy atom. The number of carbonyl (C=O) groups excluding carboxylic acids is 2. The monoisotopic (exact) mass is 425 g/mol. The highest BCUT2D eigenvalue weighted by molar-refractivity contribution is 8.02. The van der Waals surface area contributed by atoms with Gasteiger partial charge in [0.25, 0.3) is 0 Å². The molecule has 0 aliphatic carbocycles. The minimum Gasteiger partial charge on any atom is -0.492 e. The largest absolute Gasteiger partial charge is 0.492 e. The Labute approximate surface area is 181 Å². The summed E-state index contributed by atoms with van der Waals surface area (Å²) in [4.78, 5) is 29.1. The first-order valence-electron chi connectivity index (χ1n) is 10.3. The number of thioether (sulfide) groups is 1. The third kappa shape index (κ3) is 3.99. The molecule has 30 heavy (non-hydrogen) atoms. The summed E-state index contributed by atoms with van der Waals surface area (Å²) in [5.41, 5.74) is 2.77. The number of aryl methyl sites for hydroxylation is 1. The van der Waals surface area contributed by atoms with Gasteiger partial charge in [-0.3, -0.25) is 9.69 Å². The van der Waals surface area contributed by atoms with Crippen LogP contribution >= 0.6 is 11.8 Å². The number of para-hydroxylation sites is 2. The molecule has 0 saturated carbocycles. The molecule has 2 aliphatic heterocycles. The molecule has 0 unspecified atom stereocenters. The SMILES string of the molecule is CCOc1ccccc1NC(=O)N1CCC2(CC1)SCC(=O)N2c1cccc(C)c1. The zero-order valence-corrected chi connectivity index (χ0v) is 18.2. The second-order valence-electron chi connectivity index (χ2n) is 7.65. The minimum absolute atomic E-state index is 0.131. The molecule has 3 amide bonds. The minimum atomic E-state index is -0.273. The Morgan fingerprint density at radius 1 is 1.17 bits per heavy atom. The van der Waals surface area contributed by atoms with E-state index < -0.39 is 0 Å². The summed E-state index contributed by atoms with van der Waals surface area (Å²) in [7, 11) is 0. The summed E-state index contributed by atoms with van der Waals surface area (Å²) in [6, 6.07) is 15.4. The number of nitrogens with zero attached hydrogens (tertiary/aromatic N) is 2. The van der Waals surface area contributed by atoms with Crippen LogP contribution in [-0.4, -0.2) is 47.2 Å². The van der Waals surface area contributed by atoms with Crippen LogP contribution in [0.1, 0.15) is 25.3 Å². The molecule has 0 aromatic heterocycles. The van der Waals surface area contributed by atoms with Crippen LogP contribution in [0.5, 0.6) is 5.75 Å². The predicted molar refractivity (Wildman–Crippen MR) is 121 cm³/mol. The zero-order valence-electron chi connectivity index (χ0n) is 17.4. The van der Waals surface area contributed by atoms with Gasteiger partial charge in [0.1, 0.15) is 5.75 Å². The zero-order chi connectivity index (χ0) is 21.1. The molecule has 7 heteroatoms.